The molecular weight excluding hydrogens is 296 g/mol. The van der Waals surface area contributed by atoms with E-state index in [1.807, 2.05) is 0 Å². The van der Waals surface area contributed by atoms with E-state index < -0.39 is 21.6 Å². The number of benzene rings is 1. The summed E-state index contributed by atoms with van der Waals surface area (Å²) in [4.78, 5) is 34.4. The maximum absolute atomic E-state index is 11.8. The van der Waals surface area contributed by atoms with E-state index in [-0.39, 0.29) is 30.1 Å². The molecule has 7 heteroatoms. The third-order valence-corrected chi connectivity index (χ3v) is 3.82. The zero-order valence-electron chi connectivity index (χ0n) is 11.8. The zero-order chi connectivity index (χ0) is 16.0. The van der Waals surface area contributed by atoms with Gasteiger partial charge in [0.15, 0.2) is 15.6 Å². The molecule has 1 rings (SSSR count). The van der Waals surface area contributed by atoms with Gasteiger partial charge in [0.05, 0.1) is 11.5 Å². The summed E-state index contributed by atoms with van der Waals surface area (Å²) in [6.07, 6.45) is 0.712. The molecule has 0 heterocycles. The molecule has 0 atom stereocenters. The van der Waals surface area contributed by atoms with Gasteiger partial charge in [-0.1, -0.05) is 12.1 Å². The number of sulfone groups is 1. The molecule has 114 valence electrons. The van der Waals surface area contributed by atoms with Crippen LogP contribution in [0.4, 0.5) is 0 Å². The van der Waals surface area contributed by atoms with E-state index in [4.69, 9.17) is 0 Å². The molecule has 0 spiro atoms. The molecule has 1 aromatic rings. The normalized spacial score (nSPS) is 11.0. The molecule has 0 aliphatic rings. The fraction of sp³-hybridized carbons (Fsp3) is 0.357. The highest BCUT2D eigenvalue weighted by Gasteiger charge is 2.17. The lowest BCUT2D eigenvalue weighted by Gasteiger charge is -2.03. The van der Waals surface area contributed by atoms with Crippen molar-refractivity contribution in [3.8, 4) is 0 Å². The number of ether oxygens (including phenoxy) is 1. The number of Topliss-reactive ketones (excluding diaryl/α,β-unsaturated/α-hetero) is 2. The van der Waals surface area contributed by atoms with Crippen LogP contribution < -0.4 is 0 Å². The first kappa shape index (κ1) is 17.0. The standard InChI is InChI=1S/C14H16O6S/c1-3-20-14(17)13(16)9-8-12(15)10-4-6-11(7-5-10)21(2,18)19/h4-7H,3,8-9H2,1-2H3. The monoisotopic (exact) mass is 312 g/mol. The van der Waals surface area contributed by atoms with E-state index >= 15 is 0 Å². The van der Waals surface area contributed by atoms with Crippen molar-refractivity contribution in [2.75, 3.05) is 12.9 Å². The predicted octanol–water partition coefficient (Wildman–Crippen LogP) is 1.19. The van der Waals surface area contributed by atoms with Crippen LogP contribution in [0, 0.1) is 0 Å². The van der Waals surface area contributed by atoms with Crippen molar-refractivity contribution in [2.24, 2.45) is 0 Å². The number of rotatable bonds is 7. The van der Waals surface area contributed by atoms with Gasteiger partial charge in [-0.2, -0.15) is 0 Å². The molecular formula is C14H16O6S. The number of hydrogen-bond donors (Lipinski definition) is 0. The lowest BCUT2D eigenvalue weighted by molar-refractivity contribution is -0.153. The molecule has 0 saturated carbocycles. The van der Waals surface area contributed by atoms with E-state index in [0.717, 1.165) is 6.26 Å². The maximum Gasteiger partial charge on any atom is 0.374 e. The minimum atomic E-state index is -3.32. The van der Waals surface area contributed by atoms with Gasteiger partial charge in [-0.25, -0.2) is 13.2 Å². The number of ketones is 2. The van der Waals surface area contributed by atoms with Gasteiger partial charge < -0.3 is 4.74 Å². The van der Waals surface area contributed by atoms with Crippen LogP contribution in [0.15, 0.2) is 29.2 Å². The topological polar surface area (TPSA) is 94.6 Å². The molecule has 6 nitrogen and oxygen atoms in total. The Hall–Kier alpha value is -2.02. The second-order valence-corrected chi connectivity index (χ2v) is 6.38. The van der Waals surface area contributed by atoms with Gasteiger partial charge in [0, 0.05) is 24.7 Å². The Labute approximate surface area is 123 Å². The first-order valence-corrected chi connectivity index (χ1v) is 8.18. The molecule has 0 aromatic heterocycles. The summed E-state index contributed by atoms with van der Waals surface area (Å²) >= 11 is 0. The largest absolute Gasteiger partial charge is 0.460 e. The van der Waals surface area contributed by atoms with Crippen LogP contribution in [0.3, 0.4) is 0 Å². The lowest BCUT2D eigenvalue weighted by Crippen LogP contribution is -2.18. The highest BCUT2D eigenvalue weighted by Crippen LogP contribution is 2.12. The van der Waals surface area contributed by atoms with Crippen LogP contribution in [-0.2, 0) is 24.2 Å². The molecule has 0 radical (unpaired) electrons. The van der Waals surface area contributed by atoms with Crippen molar-refractivity contribution < 1.29 is 27.5 Å². The smallest absolute Gasteiger partial charge is 0.374 e. The average Bonchev–Trinajstić information content (AvgIpc) is 2.43. The first-order valence-electron chi connectivity index (χ1n) is 6.29. The van der Waals surface area contributed by atoms with Crippen LogP contribution in [-0.4, -0.2) is 38.8 Å². The van der Waals surface area contributed by atoms with Gasteiger partial charge in [-0.3, -0.25) is 9.59 Å². The van der Waals surface area contributed by atoms with E-state index in [1.165, 1.54) is 24.3 Å². The van der Waals surface area contributed by atoms with Gasteiger partial charge in [0.1, 0.15) is 0 Å². The Kier molecular flexibility index (Phi) is 5.78. The maximum atomic E-state index is 11.8. The molecule has 0 amide bonds. The summed E-state index contributed by atoms with van der Waals surface area (Å²) in [5.74, 6) is -2.04. The third kappa shape index (κ3) is 5.11. The van der Waals surface area contributed by atoms with Crippen molar-refractivity contribution in [3.05, 3.63) is 29.8 Å². The highest BCUT2D eigenvalue weighted by atomic mass is 32.2. The quantitative estimate of drug-likeness (QED) is 0.426. The molecule has 0 bridgehead atoms. The van der Waals surface area contributed by atoms with E-state index in [9.17, 15) is 22.8 Å². The van der Waals surface area contributed by atoms with Gasteiger partial charge >= 0.3 is 5.97 Å². The lowest BCUT2D eigenvalue weighted by atomic mass is 10.1. The molecule has 1 aromatic carbocycles. The van der Waals surface area contributed by atoms with Gasteiger partial charge in [0.25, 0.3) is 0 Å². The molecule has 0 aliphatic carbocycles. The number of carbonyl (C=O) groups is 3. The Morgan fingerprint density at radius 2 is 1.62 bits per heavy atom. The molecule has 0 N–H and O–H groups in total. The Morgan fingerprint density at radius 3 is 2.10 bits per heavy atom. The van der Waals surface area contributed by atoms with Crippen LogP contribution >= 0.6 is 0 Å². The molecule has 0 aliphatic heterocycles. The first-order chi connectivity index (χ1) is 9.75. The molecule has 0 fully saturated rings. The van der Waals surface area contributed by atoms with Gasteiger partial charge in [-0.05, 0) is 19.1 Å². The highest BCUT2D eigenvalue weighted by molar-refractivity contribution is 7.90. The fourth-order valence-corrected chi connectivity index (χ4v) is 2.20. The van der Waals surface area contributed by atoms with Crippen molar-refractivity contribution >= 4 is 27.4 Å². The average molecular weight is 312 g/mol. The summed E-state index contributed by atoms with van der Waals surface area (Å²) in [5, 5.41) is 0. The third-order valence-electron chi connectivity index (χ3n) is 2.69. The number of hydrogen-bond acceptors (Lipinski definition) is 6. The van der Waals surface area contributed by atoms with Gasteiger partial charge in [-0.15, -0.1) is 0 Å². The SMILES string of the molecule is CCOC(=O)C(=O)CCC(=O)c1ccc(S(C)(=O)=O)cc1. The summed E-state index contributed by atoms with van der Waals surface area (Å²) in [7, 11) is -3.32. The minimum Gasteiger partial charge on any atom is -0.460 e. The summed E-state index contributed by atoms with van der Waals surface area (Å²) in [6, 6.07) is 5.42. The van der Waals surface area contributed by atoms with E-state index in [1.54, 1.807) is 6.92 Å². The minimum absolute atomic E-state index is 0.103. The van der Waals surface area contributed by atoms with Gasteiger partial charge in [0.2, 0.25) is 5.78 Å². The van der Waals surface area contributed by atoms with Crippen molar-refractivity contribution in [1.82, 2.24) is 0 Å². The predicted molar refractivity (Wildman–Crippen MR) is 74.8 cm³/mol. The Bertz CT molecular complexity index is 643. The Balaban J connectivity index is 2.65. The molecule has 0 unspecified atom stereocenters. The second kappa shape index (κ2) is 7.12. The fourth-order valence-electron chi connectivity index (χ4n) is 1.57. The van der Waals surface area contributed by atoms with Crippen molar-refractivity contribution in [3.63, 3.8) is 0 Å². The van der Waals surface area contributed by atoms with Crippen LogP contribution in [0.5, 0.6) is 0 Å². The number of esters is 1. The molecule has 21 heavy (non-hydrogen) atoms. The van der Waals surface area contributed by atoms with Crippen molar-refractivity contribution in [1.29, 1.82) is 0 Å². The summed E-state index contributed by atoms with van der Waals surface area (Å²) in [5.41, 5.74) is 0.291. The van der Waals surface area contributed by atoms with Crippen molar-refractivity contribution in [2.45, 2.75) is 24.7 Å². The van der Waals surface area contributed by atoms with E-state index in [0.29, 0.717) is 5.56 Å². The van der Waals surface area contributed by atoms with Crippen LogP contribution in [0.25, 0.3) is 0 Å². The van der Waals surface area contributed by atoms with Crippen LogP contribution in [0.1, 0.15) is 30.1 Å². The summed E-state index contributed by atoms with van der Waals surface area (Å²) in [6.45, 7) is 1.69. The Morgan fingerprint density at radius 1 is 1.05 bits per heavy atom. The number of carbonyl (C=O) groups excluding carboxylic acids is 3. The molecule has 0 saturated heterocycles. The van der Waals surface area contributed by atoms with Crippen LogP contribution in [0.2, 0.25) is 0 Å². The zero-order valence-corrected chi connectivity index (χ0v) is 12.6. The second-order valence-electron chi connectivity index (χ2n) is 4.36. The summed E-state index contributed by atoms with van der Waals surface area (Å²) < 4.78 is 27.1. The van der Waals surface area contributed by atoms with E-state index in [2.05, 4.69) is 4.74 Å².